The molecule has 0 aliphatic carbocycles. The third-order valence-corrected chi connectivity index (χ3v) is 1.61. The van der Waals surface area contributed by atoms with Crippen molar-refractivity contribution in [3.8, 4) is 0 Å². The molecule has 0 aromatic rings. The van der Waals surface area contributed by atoms with Crippen molar-refractivity contribution in [3.63, 3.8) is 0 Å². The van der Waals surface area contributed by atoms with E-state index in [4.69, 9.17) is 9.84 Å². The standard InChI is InChI=1S/C9H18O4/c1-3-4-6-12-7-5-8(2)13-9(10)11/h8H,3-7H2,1-2H3,(H,10,11). The van der Waals surface area contributed by atoms with E-state index in [0.29, 0.717) is 13.0 Å². The molecule has 0 radical (unpaired) electrons. The fourth-order valence-electron chi connectivity index (χ4n) is 0.829. The van der Waals surface area contributed by atoms with Gasteiger partial charge in [-0.25, -0.2) is 4.79 Å². The van der Waals surface area contributed by atoms with Gasteiger partial charge in [-0.1, -0.05) is 13.3 Å². The predicted octanol–water partition coefficient (Wildman–Crippen LogP) is 2.28. The van der Waals surface area contributed by atoms with E-state index in [0.717, 1.165) is 19.4 Å². The number of ether oxygens (including phenoxy) is 2. The minimum Gasteiger partial charge on any atom is -0.450 e. The summed E-state index contributed by atoms with van der Waals surface area (Å²) in [7, 11) is 0. The second-order valence-electron chi connectivity index (χ2n) is 2.95. The van der Waals surface area contributed by atoms with E-state index in [-0.39, 0.29) is 6.10 Å². The van der Waals surface area contributed by atoms with Crippen LogP contribution < -0.4 is 0 Å². The van der Waals surface area contributed by atoms with Gasteiger partial charge in [-0.15, -0.1) is 0 Å². The lowest BCUT2D eigenvalue weighted by atomic mass is 10.3. The molecule has 0 aromatic heterocycles. The summed E-state index contributed by atoms with van der Waals surface area (Å²) in [5.74, 6) is 0. The maximum atomic E-state index is 10.1. The quantitative estimate of drug-likeness (QED) is 0.494. The first-order chi connectivity index (χ1) is 6.16. The number of hydrogen-bond donors (Lipinski definition) is 1. The molecule has 4 nitrogen and oxygen atoms in total. The first-order valence-corrected chi connectivity index (χ1v) is 4.64. The minimum atomic E-state index is -1.22. The van der Waals surface area contributed by atoms with Crippen LogP contribution in [0.2, 0.25) is 0 Å². The van der Waals surface area contributed by atoms with Gasteiger partial charge in [-0.05, 0) is 13.3 Å². The highest BCUT2D eigenvalue weighted by Gasteiger charge is 2.06. The number of unbranched alkanes of at least 4 members (excludes halogenated alkanes) is 1. The van der Waals surface area contributed by atoms with Crippen LogP contribution in [0.4, 0.5) is 4.79 Å². The largest absolute Gasteiger partial charge is 0.506 e. The lowest BCUT2D eigenvalue weighted by Crippen LogP contribution is -2.15. The Balaban J connectivity index is 3.17. The predicted molar refractivity (Wildman–Crippen MR) is 48.9 cm³/mol. The summed E-state index contributed by atoms with van der Waals surface area (Å²) in [5, 5.41) is 8.26. The molecule has 1 unspecified atom stereocenters. The van der Waals surface area contributed by atoms with E-state index in [2.05, 4.69) is 11.7 Å². The van der Waals surface area contributed by atoms with Gasteiger partial charge in [-0.3, -0.25) is 0 Å². The highest BCUT2D eigenvalue weighted by Crippen LogP contribution is 1.98. The molecule has 0 heterocycles. The lowest BCUT2D eigenvalue weighted by Gasteiger charge is -2.10. The van der Waals surface area contributed by atoms with Crippen LogP contribution in [0.15, 0.2) is 0 Å². The summed E-state index contributed by atoms with van der Waals surface area (Å²) >= 11 is 0. The molecular formula is C9H18O4. The molecule has 0 amide bonds. The van der Waals surface area contributed by atoms with Crippen LogP contribution in [0.25, 0.3) is 0 Å². The van der Waals surface area contributed by atoms with E-state index >= 15 is 0 Å². The van der Waals surface area contributed by atoms with Crippen molar-refractivity contribution in [1.29, 1.82) is 0 Å². The Morgan fingerprint density at radius 1 is 1.46 bits per heavy atom. The number of rotatable bonds is 7. The molecule has 1 atom stereocenters. The molecule has 0 fully saturated rings. The van der Waals surface area contributed by atoms with Gasteiger partial charge >= 0.3 is 6.16 Å². The molecule has 13 heavy (non-hydrogen) atoms. The fourth-order valence-corrected chi connectivity index (χ4v) is 0.829. The third-order valence-electron chi connectivity index (χ3n) is 1.61. The summed E-state index contributed by atoms with van der Waals surface area (Å²) in [5.41, 5.74) is 0. The monoisotopic (exact) mass is 190 g/mol. The van der Waals surface area contributed by atoms with Crippen molar-refractivity contribution in [2.75, 3.05) is 13.2 Å². The van der Waals surface area contributed by atoms with Crippen LogP contribution in [-0.4, -0.2) is 30.6 Å². The Hall–Kier alpha value is -0.770. The summed E-state index contributed by atoms with van der Waals surface area (Å²) in [6, 6.07) is 0. The topological polar surface area (TPSA) is 55.8 Å². The average Bonchev–Trinajstić information content (AvgIpc) is 2.02. The van der Waals surface area contributed by atoms with Gasteiger partial charge in [0.25, 0.3) is 0 Å². The molecule has 0 bridgehead atoms. The Morgan fingerprint density at radius 3 is 2.69 bits per heavy atom. The Bertz CT molecular complexity index is 136. The van der Waals surface area contributed by atoms with Crippen molar-refractivity contribution in [1.82, 2.24) is 0 Å². The van der Waals surface area contributed by atoms with Gasteiger partial charge in [0.15, 0.2) is 0 Å². The van der Waals surface area contributed by atoms with Gasteiger partial charge < -0.3 is 14.6 Å². The molecule has 78 valence electrons. The molecule has 0 aliphatic rings. The van der Waals surface area contributed by atoms with Gasteiger partial charge in [0, 0.05) is 13.0 Å². The van der Waals surface area contributed by atoms with Crippen LogP contribution in [0.5, 0.6) is 0 Å². The van der Waals surface area contributed by atoms with Crippen molar-refractivity contribution in [2.45, 2.75) is 39.2 Å². The maximum absolute atomic E-state index is 10.1. The van der Waals surface area contributed by atoms with Crippen LogP contribution in [0, 0.1) is 0 Å². The molecule has 0 rings (SSSR count). The van der Waals surface area contributed by atoms with Gasteiger partial charge in [0.1, 0.15) is 6.10 Å². The third kappa shape index (κ3) is 9.14. The molecular weight excluding hydrogens is 172 g/mol. The first kappa shape index (κ1) is 12.2. The second-order valence-corrected chi connectivity index (χ2v) is 2.95. The minimum absolute atomic E-state index is 0.279. The van der Waals surface area contributed by atoms with Gasteiger partial charge in [0.2, 0.25) is 0 Å². The summed E-state index contributed by atoms with van der Waals surface area (Å²) in [6.07, 6.45) is 1.28. The smallest absolute Gasteiger partial charge is 0.450 e. The maximum Gasteiger partial charge on any atom is 0.506 e. The van der Waals surface area contributed by atoms with E-state index in [1.807, 2.05) is 0 Å². The van der Waals surface area contributed by atoms with Crippen molar-refractivity contribution < 1.29 is 19.4 Å². The van der Waals surface area contributed by atoms with Crippen molar-refractivity contribution in [2.24, 2.45) is 0 Å². The normalized spacial score (nSPS) is 12.5. The Labute approximate surface area is 78.8 Å². The lowest BCUT2D eigenvalue weighted by molar-refractivity contribution is 0.0368. The zero-order chi connectivity index (χ0) is 10.1. The van der Waals surface area contributed by atoms with Crippen LogP contribution in [0.3, 0.4) is 0 Å². The van der Waals surface area contributed by atoms with Gasteiger partial charge in [-0.2, -0.15) is 0 Å². The highest BCUT2D eigenvalue weighted by molar-refractivity contribution is 5.56. The molecule has 0 spiro atoms. The SMILES string of the molecule is CCCCOCCC(C)OC(=O)O. The zero-order valence-electron chi connectivity index (χ0n) is 8.28. The highest BCUT2D eigenvalue weighted by atomic mass is 16.7. The molecule has 0 aromatic carbocycles. The molecule has 0 aliphatic heterocycles. The van der Waals surface area contributed by atoms with Crippen LogP contribution >= 0.6 is 0 Å². The first-order valence-electron chi connectivity index (χ1n) is 4.64. The summed E-state index contributed by atoms with van der Waals surface area (Å²) in [4.78, 5) is 10.1. The molecule has 0 saturated carbocycles. The van der Waals surface area contributed by atoms with E-state index < -0.39 is 6.16 Å². The number of carbonyl (C=O) groups is 1. The Morgan fingerprint density at radius 2 is 2.15 bits per heavy atom. The van der Waals surface area contributed by atoms with Gasteiger partial charge in [0.05, 0.1) is 6.61 Å². The molecule has 0 saturated heterocycles. The molecule has 1 N–H and O–H groups in total. The fraction of sp³-hybridized carbons (Fsp3) is 0.889. The van der Waals surface area contributed by atoms with E-state index in [9.17, 15) is 4.79 Å². The summed E-state index contributed by atoms with van der Waals surface area (Å²) < 4.78 is 9.75. The Kier molecular flexibility index (Phi) is 7.39. The average molecular weight is 190 g/mol. The number of hydrogen-bond acceptors (Lipinski definition) is 3. The van der Waals surface area contributed by atoms with Crippen molar-refractivity contribution >= 4 is 6.16 Å². The molecule has 4 heteroatoms. The summed E-state index contributed by atoms with van der Waals surface area (Å²) in [6.45, 7) is 5.13. The van der Waals surface area contributed by atoms with Crippen LogP contribution in [0.1, 0.15) is 33.1 Å². The second kappa shape index (κ2) is 7.86. The number of carboxylic acid groups (broad SMARTS) is 1. The zero-order valence-corrected chi connectivity index (χ0v) is 8.28. The van der Waals surface area contributed by atoms with Crippen LogP contribution in [-0.2, 0) is 9.47 Å². The van der Waals surface area contributed by atoms with E-state index in [1.54, 1.807) is 6.92 Å². The van der Waals surface area contributed by atoms with Crippen molar-refractivity contribution in [3.05, 3.63) is 0 Å². The van der Waals surface area contributed by atoms with E-state index in [1.165, 1.54) is 0 Å².